The van der Waals surface area contributed by atoms with Crippen molar-refractivity contribution in [3.63, 3.8) is 0 Å². The third kappa shape index (κ3) is 21.4. The smallest absolute Gasteiger partial charge is 0.303 e. The number of hydrogen-bond donors (Lipinski definition) is 1. The Bertz CT molecular complexity index is 253. The number of carboxylic acid groups (broad SMARTS) is 1. The van der Waals surface area contributed by atoms with Gasteiger partial charge in [0.1, 0.15) is 0 Å². The number of unbranched alkanes of at least 4 members (excludes halogenated alkanes) is 14. The topological polar surface area (TPSA) is 46.5 Å². The summed E-state index contributed by atoms with van der Waals surface area (Å²) < 4.78 is 5.53. The van der Waals surface area contributed by atoms with Crippen LogP contribution in [-0.4, -0.2) is 24.3 Å². The second-order valence-electron chi connectivity index (χ2n) is 7.06. The summed E-state index contributed by atoms with van der Waals surface area (Å²) >= 11 is 0. The Balaban J connectivity index is 2.97. The van der Waals surface area contributed by atoms with Gasteiger partial charge in [-0.1, -0.05) is 90.4 Å². The molecule has 24 heavy (non-hydrogen) atoms. The molecule has 0 radical (unpaired) electrons. The van der Waals surface area contributed by atoms with E-state index in [1.807, 2.05) is 0 Å². The molecule has 0 unspecified atom stereocenters. The minimum atomic E-state index is -0.707. The fourth-order valence-electron chi connectivity index (χ4n) is 2.98. The molecule has 1 N–H and O–H groups in total. The maximum atomic E-state index is 10.3. The van der Waals surface area contributed by atoms with Crippen LogP contribution >= 0.6 is 0 Å². The second kappa shape index (κ2) is 20.5. The quantitative estimate of drug-likeness (QED) is 0.249. The van der Waals surface area contributed by atoms with Crippen LogP contribution in [0.2, 0.25) is 0 Å². The molecule has 0 rings (SSSR count). The van der Waals surface area contributed by atoms with Crippen molar-refractivity contribution in [2.75, 3.05) is 13.2 Å². The van der Waals surface area contributed by atoms with Crippen molar-refractivity contribution in [1.29, 1.82) is 0 Å². The Morgan fingerprint density at radius 3 is 1.42 bits per heavy atom. The van der Waals surface area contributed by atoms with Crippen LogP contribution in [0.15, 0.2) is 0 Å². The third-order valence-corrected chi connectivity index (χ3v) is 4.57. The predicted molar refractivity (Wildman–Crippen MR) is 103 cm³/mol. The molecule has 0 aromatic heterocycles. The van der Waals surface area contributed by atoms with Gasteiger partial charge >= 0.3 is 5.97 Å². The molecule has 0 aromatic carbocycles. The lowest BCUT2D eigenvalue weighted by molar-refractivity contribution is -0.137. The van der Waals surface area contributed by atoms with Gasteiger partial charge in [-0.2, -0.15) is 0 Å². The van der Waals surface area contributed by atoms with Crippen LogP contribution in [0.4, 0.5) is 0 Å². The van der Waals surface area contributed by atoms with Gasteiger partial charge in [0.15, 0.2) is 0 Å². The summed E-state index contributed by atoms with van der Waals surface area (Å²) in [5.74, 6) is -0.707. The van der Waals surface area contributed by atoms with E-state index in [0.29, 0.717) is 6.61 Å². The van der Waals surface area contributed by atoms with Crippen LogP contribution in [0.3, 0.4) is 0 Å². The Hall–Kier alpha value is -0.570. The largest absolute Gasteiger partial charge is 0.481 e. The summed E-state index contributed by atoms with van der Waals surface area (Å²) in [5, 5.41) is 8.52. The molecule has 0 amide bonds. The Morgan fingerprint density at radius 1 is 0.625 bits per heavy atom. The van der Waals surface area contributed by atoms with E-state index in [2.05, 4.69) is 6.92 Å². The molecule has 0 heterocycles. The number of aliphatic carboxylic acids is 1. The van der Waals surface area contributed by atoms with E-state index < -0.39 is 5.97 Å². The van der Waals surface area contributed by atoms with Crippen LogP contribution in [0, 0.1) is 0 Å². The molecule has 0 saturated carbocycles. The molecule has 3 nitrogen and oxygen atoms in total. The van der Waals surface area contributed by atoms with E-state index in [0.717, 1.165) is 25.9 Å². The van der Waals surface area contributed by atoms with Crippen LogP contribution in [-0.2, 0) is 9.53 Å². The molecular weight excluding hydrogens is 300 g/mol. The lowest BCUT2D eigenvalue weighted by Crippen LogP contribution is -1.99. The molecule has 0 atom stereocenters. The van der Waals surface area contributed by atoms with Crippen molar-refractivity contribution >= 4 is 5.97 Å². The zero-order valence-corrected chi connectivity index (χ0v) is 16.2. The van der Waals surface area contributed by atoms with Gasteiger partial charge in [-0.3, -0.25) is 4.79 Å². The number of carboxylic acids is 1. The van der Waals surface area contributed by atoms with Gasteiger partial charge in [0.2, 0.25) is 0 Å². The Morgan fingerprint density at radius 2 is 1.00 bits per heavy atom. The summed E-state index contributed by atoms with van der Waals surface area (Å²) in [6.07, 6.45) is 21.2. The average molecular weight is 343 g/mol. The molecule has 0 aliphatic rings. The fourth-order valence-corrected chi connectivity index (χ4v) is 2.98. The van der Waals surface area contributed by atoms with Crippen molar-refractivity contribution in [3.8, 4) is 0 Å². The zero-order chi connectivity index (χ0) is 17.7. The molecule has 0 saturated heterocycles. The summed E-state index contributed by atoms with van der Waals surface area (Å²) in [5.41, 5.74) is 0. The number of carbonyl (C=O) groups is 1. The molecule has 0 spiro atoms. The van der Waals surface area contributed by atoms with Gasteiger partial charge in [0, 0.05) is 19.6 Å². The molecule has 3 heteroatoms. The molecule has 0 bridgehead atoms. The van der Waals surface area contributed by atoms with Gasteiger partial charge in [0.05, 0.1) is 0 Å². The van der Waals surface area contributed by atoms with Crippen molar-refractivity contribution < 1.29 is 14.6 Å². The highest BCUT2D eigenvalue weighted by atomic mass is 16.5. The van der Waals surface area contributed by atoms with E-state index in [9.17, 15) is 4.79 Å². The Labute approximate surface area is 150 Å². The number of ether oxygens (including phenoxy) is 1. The highest BCUT2D eigenvalue weighted by Gasteiger charge is 1.97. The normalized spacial score (nSPS) is 11.0. The van der Waals surface area contributed by atoms with Crippen LogP contribution < -0.4 is 0 Å². The molecule has 0 aliphatic carbocycles. The molecule has 0 aromatic rings. The zero-order valence-electron chi connectivity index (χ0n) is 16.2. The lowest BCUT2D eigenvalue weighted by atomic mass is 10.0. The average Bonchev–Trinajstić information content (AvgIpc) is 2.56. The standard InChI is InChI=1S/C21H42O3/c1-2-3-4-5-6-7-8-9-10-11-12-13-14-16-19-24-20-17-15-18-21(22)23/h2-20H2,1H3,(H,22,23). The van der Waals surface area contributed by atoms with E-state index >= 15 is 0 Å². The van der Waals surface area contributed by atoms with Gasteiger partial charge in [-0.15, -0.1) is 0 Å². The van der Waals surface area contributed by atoms with E-state index in [4.69, 9.17) is 9.84 Å². The molecule has 0 aliphatic heterocycles. The first-order valence-electron chi connectivity index (χ1n) is 10.6. The molecular formula is C21H42O3. The van der Waals surface area contributed by atoms with Crippen LogP contribution in [0.25, 0.3) is 0 Å². The minimum absolute atomic E-state index is 0.266. The van der Waals surface area contributed by atoms with E-state index in [1.54, 1.807) is 0 Å². The first kappa shape index (κ1) is 23.4. The maximum absolute atomic E-state index is 10.3. The first-order valence-corrected chi connectivity index (χ1v) is 10.6. The van der Waals surface area contributed by atoms with E-state index in [1.165, 1.54) is 83.5 Å². The lowest BCUT2D eigenvalue weighted by Gasteiger charge is -2.04. The van der Waals surface area contributed by atoms with E-state index in [-0.39, 0.29) is 6.42 Å². The third-order valence-electron chi connectivity index (χ3n) is 4.57. The predicted octanol–water partition coefficient (Wildman–Crippen LogP) is 6.74. The fraction of sp³-hybridized carbons (Fsp3) is 0.952. The number of hydrogen-bond acceptors (Lipinski definition) is 2. The summed E-state index contributed by atoms with van der Waals surface area (Å²) in [6.45, 7) is 3.83. The van der Waals surface area contributed by atoms with Crippen LogP contribution in [0.5, 0.6) is 0 Å². The summed E-state index contributed by atoms with van der Waals surface area (Å²) in [7, 11) is 0. The van der Waals surface area contributed by atoms with Crippen molar-refractivity contribution in [3.05, 3.63) is 0 Å². The minimum Gasteiger partial charge on any atom is -0.481 e. The maximum Gasteiger partial charge on any atom is 0.303 e. The summed E-state index contributed by atoms with van der Waals surface area (Å²) in [6, 6.07) is 0. The second-order valence-corrected chi connectivity index (χ2v) is 7.06. The first-order chi connectivity index (χ1) is 11.8. The molecule has 0 fully saturated rings. The van der Waals surface area contributed by atoms with Crippen molar-refractivity contribution in [1.82, 2.24) is 0 Å². The monoisotopic (exact) mass is 342 g/mol. The van der Waals surface area contributed by atoms with Crippen LogP contribution in [0.1, 0.15) is 116 Å². The van der Waals surface area contributed by atoms with Gasteiger partial charge in [0.25, 0.3) is 0 Å². The van der Waals surface area contributed by atoms with Crippen molar-refractivity contribution in [2.45, 2.75) is 116 Å². The summed E-state index contributed by atoms with van der Waals surface area (Å²) in [4.78, 5) is 10.3. The van der Waals surface area contributed by atoms with Crippen molar-refractivity contribution in [2.24, 2.45) is 0 Å². The number of rotatable bonds is 20. The van der Waals surface area contributed by atoms with Gasteiger partial charge in [-0.05, 0) is 19.3 Å². The SMILES string of the molecule is CCCCCCCCCCCCCCCCOCCCCC(=O)O. The van der Waals surface area contributed by atoms with Gasteiger partial charge in [-0.25, -0.2) is 0 Å². The molecule has 144 valence electrons. The highest BCUT2D eigenvalue weighted by Crippen LogP contribution is 2.12. The highest BCUT2D eigenvalue weighted by molar-refractivity contribution is 5.66. The Kier molecular flexibility index (Phi) is 20.0. The van der Waals surface area contributed by atoms with Gasteiger partial charge < -0.3 is 9.84 Å².